The van der Waals surface area contributed by atoms with E-state index >= 15 is 0 Å². The Morgan fingerprint density at radius 2 is 2.40 bits per heavy atom. The van der Waals surface area contributed by atoms with Crippen molar-refractivity contribution >= 4 is 11.9 Å². The van der Waals surface area contributed by atoms with Gasteiger partial charge in [0.15, 0.2) is 0 Å². The molecule has 4 heteroatoms. The minimum absolute atomic E-state index is 0.0787. The number of rotatable bonds is 1. The van der Waals surface area contributed by atoms with Crippen LogP contribution in [-0.4, -0.2) is 23.5 Å². The standard InChI is InChI=1S/C6H9NO3/c1-3-2-7-5(8)4(3)6(9)10/h3-4H,2H2,1H3,(H,7,8)(H,9,10)/t3-,4+/m0/s1. The van der Waals surface area contributed by atoms with Crippen molar-refractivity contribution in [2.24, 2.45) is 11.8 Å². The number of aliphatic carboxylic acids is 1. The molecule has 10 heavy (non-hydrogen) atoms. The zero-order valence-electron chi connectivity index (χ0n) is 5.63. The van der Waals surface area contributed by atoms with Crippen LogP contribution in [0.25, 0.3) is 0 Å². The molecule has 0 radical (unpaired) electrons. The fraction of sp³-hybridized carbons (Fsp3) is 0.667. The summed E-state index contributed by atoms with van der Waals surface area (Å²) in [5, 5.41) is 11.0. The van der Waals surface area contributed by atoms with Crippen LogP contribution in [-0.2, 0) is 9.59 Å². The summed E-state index contributed by atoms with van der Waals surface area (Å²) in [6.45, 7) is 2.23. The molecule has 2 atom stereocenters. The number of carbonyl (C=O) groups excluding carboxylic acids is 1. The molecule has 0 bridgehead atoms. The second-order valence-electron chi connectivity index (χ2n) is 2.54. The summed E-state index contributed by atoms with van der Waals surface area (Å²) < 4.78 is 0. The molecule has 1 rings (SSSR count). The van der Waals surface area contributed by atoms with Gasteiger partial charge in [0.25, 0.3) is 0 Å². The van der Waals surface area contributed by atoms with Crippen molar-refractivity contribution in [1.82, 2.24) is 5.32 Å². The van der Waals surface area contributed by atoms with E-state index in [4.69, 9.17) is 5.11 Å². The first kappa shape index (κ1) is 7.05. The van der Waals surface area contributed by atoms with Crippen molar-refractivity contribution in [2.75, 3.05) is 6.54 Å². The smallest absolute Gasteiger partial charge is 0.316 e. The molecule has 2 N–H and O–H groups in total. The molecule has 4 nitrogen and oxygen atoms in total. The number of nitrogens with one attached hydrogen (secondary N) is 1. The average Bonchev–Trinajstić information content (AvgIpc) is 2.11. The van der Waals surface area contributed by atoms with E-state index in [9.17, 15) is 9.59 Å². The van der Waals surface area contributed by atoms with Gasteiger partial charge in [-0.05, 0) is 5.92 Å². The zero-order chi connectivity index (χ0) is 7.72. The molecular weight excluding hydrogens is 134 g/mol. The molecule has 0 aromatic carbocycles. The third kappa shape index (κ3) is 0.964. The Hall–Kier alpha value is -1.06. The molecule has 1 fully saturated rings. The molecule has 1 aliphatic heterocycles. The highest BCUT2D eigenvalue weighted by Gasteiger charge is 2.37. The van der Waals surface area contributed by atoms with E-state index in [1.807, 2.05) is 0 Å². The van der Waals surface area contributed by atoms with E-state index in [1.165, 1.54) is 0 Å². The minimum Gasteiger partial charge on any atom is -0.481 e. The van der Waals surface area contributed by atoms with Crippen molar-refractivity contribution in [3.8, 4) is 0 Å². The molecule has 0 saturated carbocycles. The maximum Gasteiger partial charge on any atom is 0.316 e. The summed E-state index contributed by atoms with van der Waals surface area (Å²) in [4.78, 5) is 21.1. The molecule has 0 unspecified atom stereocenters. The molecule has 56 valence electrons. The highest BCUT2D eigenvalue weighted by molar-refractivity contribution is 5.98. The lowest BCUT2D eigenvalue weighted by Gasteiger charge is -2.03. The third-order valence-corrected chi connectivity index (χ3v) is 1.72. The van der Waals surface area contributed by atoms with Gasteiger partial charge in [-0.25, -0.2) is 0 Å². The summed E-state index contributed by atoms with van der Waals surface area (Å²) in [6.07, 6.45) is 0. The van der Waals surface area contributed by atoms with Crippen LogP contribution in [0, 0.1) is 11.8 Å². The van der Waals surface area contributed by atoms with E-state index in [-0.39, 0.29) is 11.8 Å². The van der Waals surface area contributed by atoms with Crippen LogP contribution in [0.3, 0.4) is 0 Å². The Kier molecular flexibility index (Phi) is 1.61. The lowest BCUT2D eigenvalue weighted by Crippen LogP contribution is -2.26. The number of hydrogen-bond acceptors (Lipinski definition) is 2. The van der Waals surface area contributed by atoms with Gasteiger partial charge in [-0.2, -0.15) is 0 Å². The molecule has 0 spiro atoms. The molecule has 1 aliphatic rings. The number of amides is 1. The monoisotopic (exact) mass is 143 g/mol. The molecular formula is C6H9NO3. The highest BCUT2D eigenvalue weighted by atomic mass is 16.4. The summed E-state index contributed by atoms with van der Waals surface area (Å²) in [6, 6.07) is 0. The molecule has 1 amide bonds. The molecule has 0 aromatic rings. The van der Waals surface area contributed by atoms with Crippen LogP contribution in [0.15, 0.2) is 0 Å². The maximum atomic E-state index is 10.7. The first-order valence-corrected chi connectivity index (χ1v) is 3.13. The van der Waals surface area contributed by atoms with Gasteiger partial charge in [-0.1, -0.05) is 6.92 Å². The van der Waals surface area contributed by atoms with Gasteiger partial charge in [-0.15, -0.1) is 0 Å². The Labute approximate surface area is 58.2 Å². The van der Waals surface area contributed by atoms with Gasteiger partial charge >= 0.3 is 5.97 Å². The second-order valence-corrected chi connectivity index (χ2v) is 2.54. The SMILES string of the molecule is C[C@H]1CNC(=O)[C@@H]1C(=O)O. The van der Waals surface area contributed by atoms with Crippen LogP contribution >= 0.6 is 0 Å². The van der Waals surface area contributed by atoms with E-state index < -0.39 is 11.9 Å². The van der Waals surface area contributed by atoms with E-state index in [0.717, 1.165) is 0 Å². The van der Waals surface area contributed by atoms with Crippen molar-refractivity contribution in [1.29, 1.82) is 0 Å². The normalized spacial score (nSPS) is 31.9. The summed E-state index contributed by atoms with van der Waals surface area (Å²) in [5.41, 5.74) is 0. The maximum absolute atomic E-state index is 10.7. The van der Waals surface area contributed by atoms with Gasteiger partial charge in [0, 0.05) is 6.54 Å². The molecule has 0 aromatic heterocycles. The lowest BCUT2D eigenvalue weighted by molar-refractivity contribution is -0.146. The fourth-order valence-corrected chi connectivity index (χ4v) is 1.10. The molecule has 1 heterocycles. The lowest BCUT2D eigenvalue weighted by atomic mass is 9.98. The van der Waals surface area contributed by atoms with E-state index in [2.05, 4.69) is 5.32 Å². The van der Waals surface area contributed by atoms with Crippen LogP contribution in [0.1, 0.15) is 6.92 Å². The number of carboxylic acids is 1. The van der Waals surface area contributed by atoms with Crippen molar-refractivity contribution in [3.05, 3.63) is 0 Å². The van der Waals surface area contributed by atoms with Crippen molar-refractivity contribution in [2.45, 2.75) is 6.92 Å². The van der Waals surface area contributed by atoms with Crippen LogP contribution in [0.5, 0.6) is 0 Å². The Morgan fingerprint density at radius 3 is 2.60 bits per heavy atom. The van der Waals surface area contributed by atoms with Gasteiger partial charge in [0.2, 0.25) is 5.91 Å². The van der Waals surface area contributed by atoms with Crippen molar-refractivity contribution in [3.63, 3.8) is 0 Å². The fourth-order valence-electron chi connectivity index (χ4n) is 1.10. The summed E-state index contributed by atoms with van der Waals surface area (Å²) >= 11 is 0. The van der Waals surface area contributed by atoms with E-state index in [1.54, 1.807) is 6.92 Å². The highest BCUT2D eigenvalue weighted by Crippen LogP contribution is 2.16. The topological polar surface area (TPSA) is 66.4 Å². The first-order chi connectivity index (χ1) is 4.63. The average molecular weight is 143 g/mol. The third-order valence-electron chi connectivity index (χ3n) is 1.72. The number of carbonyl (C=O) groups is 2. The van der Waals surface area contributed by atoms with Gasteiger partial charge in [0.05, 0.1) is 0 Å². The van der Waals surface area contributed by atoms with Crippen molar-refractivity contribution < 1.29 is 14.7 Å². The summed E-state index contributed by atoms with van der Waals surface area (Å²) in [5.74, 6) is -2.30. The minimum atomic E-state index is -1.03. The van der Waals surface area contributed by atoms with Crippen LogP contribution < -0.4 is 5.32 Å². The molecule has 1 saturated heterocycles. The number of hydrogen-bond donors (Lipinski definition) is 2. The Morgan fingerprint density at radius 1 is 1.80 bits per heavy atom. The predicted octanol–water partition coefficient (Wildman–Crippen LogP) is -0.547. The Balaban J connectivity index is 2.72. The van der Waals surface area contributed by atoms with Gasteiger partial charge < -0.3 is 10.4 Å². The van der Waals surface area contributed by atoms with E-state index in [0.29, 0.717) is 6.54 Å². The largest absolute Gasteiger partial charge is 0.481 e. The quantitative estimate of drug-likeness (QED) is 0.484. The number of carboxylic acid groups (broad SMARTS) is 1. The van der Waals surface area contributed by atoms with Crippen LogP contribution in [0.4, 0.5) is 0 Å². The second kappa shape index (κ2) is 2.28. The predicted molar refractivity (Wildman–Crippen MR) is 33.3 cm³/mol. The first-order valence-electron chi connectivity index (χ1n) is 3.13. The van der Waals surface area contributed by atoms with Gasteiger partial charge in [-0.3, -0.25) is 9.59 Å². The van der Waals surface area contributed by atoms with Crippen LogP contribution in [0.2, 0.25) is 0 Å². The molecule has 0 aliphatic carbocycles. The Bertz CT molecular complexity index is 178. The summed E-state index contributed by atoms with van der Waals surface area (Å²) in [7, 11) is 0. The zero-order valence-corrected chi connectivity index (χ0v) is 5.63. The van der Waals surface area contributed by atoms with Gasteiger partial charge in [0.1, 0.15) is 5.92 Å².